The second kappa shape index (κ2) is 5.41. The minimum absolute atomic E-state index is 0.565. The van der Waals surface area contributed by atoms with Crippen LogP contribution in [0.2, 0.25) is 0 Å². The molecule has 2 aromatic rings. The minimum atomic E-state index is 0.565. The first-order chi connectivity index (χ1) is 8.25. The number of nitrogens with one attached hydrogen (secondary N) is 2. The van der Waals surface area contributed by atoms with Gasteiger partial charge < -0.3 is 5.32 Å². The van der Waals surface area contributed by atoms with Crippen LogP contribution in [0, 0.1) is 6.92 Å². The summed E-state index contributed by atoms with van der Waals surface area (Å²) in [4.78, 5) is 0. The number of anilines is 1. The van der Waals surface area contributed by atoms with Crippen LogP contribution >= 0.6 is 12.2 Å². The van der Waals surface area contributed by atoms with E-state index >= 15 is 0 Å². The second-order valence-corrected chi connectivity index (χ2v) is 4.05. The number of aromatic nitrogens is 1. The standard InChI is InChI=1S/C13H13N3S/c1-11-7-5-6-10-16(11)15-13(17)14-12-8-3-2-4-9-12/h2-10H,1H3,(H-,14,15,17)/p+1. The zero-order valence-electron chi connectivity index (χ0n) is 9.55. The molecule has 0 amide bonds. The third kappa shape index (κ3) is 3.26. The molecule has 0 bridgehead atoms. The Bertz CT molecular complexity index is 511. The molecule has 17 heavy (non-hydrogen) atoms. The van der Waals surface area contributed by atoms with Gasteiger partial charge in [-0.15, -0.1) is 5.43 Å². The largest absolute Gasteiger partial charge is 0.328 e. The molecule has 2 N–H and O–H groups in total. The summed E-state index contributed by atoms with van der Waals surface area (Å²) in [7, 11) is 0. The van der Waals surface area contributed by atoms with E-state index in [1.807, 2.05) is 66.3 Å². The van der Waals surface area contributed by atoms with Crippen LogP contribution in [0.1, 0.15) is 5.69 Å². The van der Waals surface area contributed by atoms with Gasteiger partial charge in [0.05, 0.1) is 0 Å². The Morgan fingerprint density at radius 3 is 2.47 bits per heavy atom. The molecule has 4 heteroatoms. The van der Waals surface area contributed by atoms with E-state index in [0.717, 1.165) is 11.4 Å². The highest BCUT2D eigenvalue weighted by Gasteiger charge is 2.06. The maximum atomic E-state index is 5.23. The fraction of sp³-hybridized carbons (Fsp3) is 0.0769. The number of para-hydroxylation sites is 1. The van der Waals surface area contributed by atoms with Gasteiger partial charge in [0, 0.05) is 24.7 Å². The molecule has 0 radical (unpaired) electrons. The Morgan fingerprint density at radius 1 is 1.06 bits per heavy atom. The Balaban J connectivity index is 2.01. The average molecular weight is 244 g/mol. The number of pyridine rings is 1. The van der Waals surface area contributed by atoms with E-state index in [9.17, 15) is 0 Å². The molecule has 0 unspecified atom stereocenters. The smallest absolute Gasteiger partial charge is 0.228 e. The summed E-state index contributed by atoms with van der Waals surface area (Å²) in [6.45, 7) is 2.01. The Labute approximate surface area is 106 Å². The molecule has 3 nitrogen and oxygen atoms in total. The Hall–Kier alpha value is -1.94. The van der Waals surface area contributed by atoms with Crippen molar-refractivity contribution in [3.63, 3.8) is 0 Å². The lowest BCUT2D eigenvalue weighted by molar-refractivity contribution is -0.646. The molecule has 0 atom stereocenters. The summed E-state index contributed by atoms with van der Waals surface area (Å²) in [5, 5.41) is 3.68. The van der Waals surface area contributed by atoms with Crippen molar-refractivity contribution < 1.29 is 4.68 Å². The van der Waals surface area contributed by atoms with Gasteiger partial charge in [-0.1, -0.05) is 22.9 Å². The highest BCUT2D eigenvalue weighted by molar-refractivity contribution is 7.80. The van der Waals surface area contributed by atoms with Crippen LogP contribution < -0.4 is 15.4 Å². The predicted octanol–water partition coefficient (Wildman–Crippen LogP) is 2.22. The van der Waals surface area contributed by atoms with E-state index < -0.39 is 0 Å². The number of rotatable bonds is 2. The van der Waals surface area contributed by atoms with E-state index in [4.69, 9.17) is 12.2 Å². The topological polar surface area (TPSA) is 27.9 Å². The summed E-state index contributed by atoms with van der Waals surface area (Å²) in [6.07, 6.45) is 1.92. The molecule has 2 rings (SSSR count). The molecule has 0 aliphatic rings. The number of hydrogen-bond donors (Lipinski definition) is 2. The van der Waals surface area contributed by atoms with Gasteiger partial charge in [-0.05, 0) is 30.4 Å². The van der Waals surface area contributed by atoms with Crippen LogP contribution in [0.3, 0.4) is 0 Å². The molecule has 0 spiro atoms. The first-order valence-electron chi connectivity index (χ1n) is 5.36. The number of thiocarbonyl (C=S) groups is 1. The third-order valence-electron chi connectivity index (χ3n) is 2.32. The quantitative estimate of drug-likeness (QED) is 0.627. The summed E-state index contributed by atoms with van der Waals surface area (Å²) in [5.74, 6) is 0. The van der Waals surface area contributed by atoms with Crippen molar-refractivity contribution in [3.8, 4) is 0 Å². The van der Waals surface area contributed by atoms with Crippen LogP contribution in [0.4, 0.5) is 5.69 Å². The van der Waals surface area contributed by atoms with Crippen LogP contribution in [0.15, 0.2) is 54.7 Å². The lowest BCUT2D eigenvalue weighted by atomic mass is 10.3. The molecule has 1 heterocycles. The second-order valence-electron chi connectivity index (χ2n) is 3.64. The minimum Gasteiger partial charge on any atom is -0.328 e. The summed E-state index contributed by atoms with van der Waals surface area (Å²) in [6, 6.07) is 15.8. The summed E-state index contributed by atoms with van der Waals surface area (Å²) >= 11 is 5.23. The lowest BCUT2D eigenvalue weighted by Crippen LogP contribution is -2.51. The van der Waals surface area contributed by atoms with E-state index in [1.54, 1.807) is 0 Å². The SMILES string of the molecule is Cc1cccc[n+]1NC(=S)Nc1ccccc1. The molecule has 0 saturated carbocycles. The molecule has 0 aliphatic heterocycles. The van der Waals surface area contributed by atoms with Crippen LogP contribution in [0.5, 0.6) is 0 Å². The summed E-state index contributed by atoms with van der Waals surface area (Å²) in [5.41, 5.74) is 5.15. The molecule has 86 valence electrons. The molecule has 0 saturated heterocycles. The van der Waals surface area contributed by atoms with Crippen molar-refractivity contribution in [1.29, 1.82) is 0 Å². The van der Waals surface area contributed by atoms with Gasteiger partial charge in [0.2, 0.25) is 10.8 Å². The maximum absolute atomic E-state index is 5.23. The van der Waals surface area contributed by atoms with Crippen LogP contribution in [-0.2, 0) is 0 Å². The number of aryl methyl sites for hydroxylation is 1. The first-order valence-corrected chi connectivity index (χ1v) is 5.77. The van der Waals surface area contributed by atoms with E-state index in [-0.39, 0.29) is 0 Å². The third-order valence-corrected chi connectivity index (χ3v) is 2.51. The summed E-state index contributed by atoms with van der Waals surface area (Å²) < 4.78 is 1.87. The number of hydrogen-bond acceptors (Lipinski definition) is 1. The molecule has 1 aromatic carbocycles. The predicted molar refractivity (Wildman–Crippen MR) is 73.4 cm³/mol. The van der Waals surface area contributed by atoms with E-state index in [0.29, 0.717) is 5.11 Å². The normalized spacial score (nSPS) is 9.71. The molecule has 1 aromatic heterocycles. The van der Waals surface area contributed by atoms with Gasteiger partial charge in [-0.3, -0.25) is 0 Å². The van der Waals surface area contributed by atoms with Crippen molar-refractivity contribution in [2.75, 3.05) is 10.7 Å². The van der Waals surface area contributed by atoms with Gasteiger partial charge in [-0.25, -0.2) is 0 Å². The van der Waals surface area contributed by atoms with Gasteiger partial charge in [-0.2, -0.15) is 0 Å². The van der Waals surface area contributed by atoms with Gasteiger partial charge in [0.25, 0.3) is 0 Å². The van der Waals surface area contributed by atoms with Gasteiger partial charge in [0.1, 0.15) is 0 Å². The molecular formula is C13H14N3S+. The Kier molecular flexibility index (Phi) is 3.67. The van der Waals surface area contributed by atoms with Crippen molar-refractivity contribution in [1.82, 2.24) is 0 Å². The van der Waals surface area contributed by atoms with Gasteiger partial charge in [0.15, 0.2) is 6.20 Å². The fourth-order valence-corrected chi connectivity index (χ4v) is 1.66. The van der Waals surface area contributed by atoms with Crippen molar-refractivity contribution in [2.24, 2.45) is 0 Å². The zero-order valence-corrected chi connectivity index (χ0v) is 10.4. The Morgan fingerprint density at radius 2 is 1.76 bits per heavy atom. The molecule has 0 aliphatic carbocycles. The zero-order chi connectivity index (χ0) is 12.1. The fourth-order valence-electron chi connectivity index (χ4n) is 1.44. The van der Waals surface area contributed by atoms with E-state index in [2.05, 4.69) is 10.7 Å². The van der Waals surface area contributed by atoms with Crippen LogP contribution in [0.25, 0.3) is 0 Å². The number of nitrogens with zero attached hydrogens (tertiary/aromatic N) is 1. The maximum Gasteiger partial charge on any atom is 0.228 e. The lowest BCUT2D eigenvalue weighted by Gasteiger charge is -2.06. The van der Waals surface area contributed by atoms with Crippen molar-refractivity contribution in [2.45, 2.75) is 6.92 Å². The number of benzene rings is 1. The van der Waals surface area contributed by atoms with Crippen LogP contribution in [-0.4, -0.2) is 5.11 Å². The highest BCUT2D eigenvalue weighted by atomic mass is 32.1. The monoisotopic (exact) mass is 244 g/mol. The average Bonchev–Trinajstić information content (AvgIpc) is 2.33. The van der Waals surface area contributed by atoms with Crippen molar-refractivity contribution >= 4 is 23.0 Å². The molecule has 0 fully saturated rings. The first kappa shape index (κ1) is 11.5. The highest BCUT2D eigenvalue weighted by Crippen LogP contribution is 2.04. The van der Waals surface area contributed by atoms with E-state index in [1.165, 1.54) is 0 Å². The molecular weight excluding hydrogens is 230 g/mol. The van der Waals surface area contributed by atoms with Gasteiger partial charge >= 0.3 is 0 Å². The van der Waals surface area contributed by atoms with Crippen molar-refractivity contribution in [3.05, 3.63) is 60.4 Å².